The number of carbonyl (C=O) groups excluding carboxylic acids is 1. The van der Waals surface area contributed by atoms with Gasteiger partial charge in [-0.15, -0.1) is 0 Å². The predicted molar refractivity (Wildman–Crippen MR) is 146 cm³/mol. The standard InChI is InChI=1S/C25H24Cl3N3O3S/c1-33-18-13-14-20(34-2)19(15-18)29-24(35)31-23(25(26,27)28)30-22(32)21(16-9-5-3-6-10-16)17-11-7-4-8-12-17/h3-15,21,23H,1-2H3,(H,30,32)(H2,29,31,35)/t23-/m1/s1. The van der Waals surface area contributed by atoms with Crippen LogP contribution in [0.25, 0.3) is 0 Å². The van der Waals surface area contributed by atoms with Crippen LogP contribution in [0.5, 0.6) is 11.5 Å². The van der Waals surface area contributed by atoms with Gasteiger partial charge >= 0.3 is 0 Å². The fourth-order valence-corrected chi connectivity index (χ4v) is 3.97. The summed E-state index contributed by atoms with van der Waals surface area (Å²) in [6, 6.07) is 23.9. The number of rotatable bonds is 8. The van der Waals surface area contributed by atoms with Gasteiger partial charge in [-0.05, 0) is 35.5 Å². The maximum Gasteiger partial charge on any atom is 0.233 e. The Bertz CT molecular complexity index is 1110. The Morgan fingerprint density at radius 3 is 1.91 bits per heavy atom. The first-order valence-corrected chi connectivity index (χ1v) is 12.0. The van der Waals surface area contributed by atoms with Crippen LogP contribution in [-0.2, 0) is 4.79 Å². The minimum absolute atomic E-state index is 0.101. The lowest BCUT2D eigenvalue weighted by Gasteiger charge is -2.30. The monoisotopic (exact) mass is 551 g/mol. The number of anilines is 1. The van der Waals surface area contributed by atoms with Gasteiger partial charge in [-0.2, -0.15) is 0 Å². The van der Waals surface area contributed by atoms with Crippen LogP contribution in [0.15, 0.2) is 78.9 Å². The molecule has 1 atom stereocenters. The molecule has 0 aliphatic carbocycles. The molecule has 3 aromatic rings. The molecule has 3 N–H and O–H groups in total. The summed E-state index contributed by atoms with van der Waals surface area (Å²) in [6.07, 6.45) is -1.15. The van der Waals surface area contributed by atoms with Crippen molar-refractivity contribution in [3.8, 4) is 11.5 Å². The summed E-state index contributed by atoms with van der Waals surface area (Å²) in [5.41, 5.74) is 2.12. The summed E-state index contributed by atoms with van der Waals surface area (Å²) < 4.78 is 8.69. The first-order valence-electron chi connectivity index (χ1n) is 10.5. The van der Waals surface area contributed by atoms with Crippen molar-refractivity contribution in [1.29, 1.82) is 0 Å². The van der Waals surface area contributed by atoms with Crippen molar-refractivity contribution in [2.75, 3.05) is 19.5 Å². The molecule has 0 aliphatic heterocycles. The molecular formula is C25H24Cl3N3O3S. The molecule has 0 aliphatic rings. The van der Waals surface area contributed by atoms with Crippen LogP contribution < -0.4 is 25.4 Å². The zero-order valence-electron chi connectivity index (χ0n) is 18.9. The molecule has 3 aromatic carbocycles. The average Bonchev–Trinajstić information content (AvgIpc) is 2.84. The molecule has 0 aromatic heterocycles. The number of hydrogen-bond donors (Lipinski definition) is 3. The Kier molecular flexibility index (Phi) is 9.46. The second-order valence-corrected chi connectivity index (χ2v) is 10.2. The summed E-state index contributed by atoms with van der Waals surface area (Å²) in [5, 5.41) is 8.77. The van der Waals surface area contributed by atoms with E-state index in [-0.39, 0.29) is 11.0 Å². The summed E-state index contributed by atoms with van der Waals surface area (Å²) in [7, 11) is 3.08. The van der Waals surface area contributed by atoms with E-state index in [1.807, 2.05) is 60.7 Å². The fourth-order valence-electron chi connectivity index (χ4n) is 3.41. The van der Waals surface area contributed by atoms with E-state index < -0.39 is 15.9 Å². The average molecular weight is 553 g/mol. The maximum atomic E-state index is 13.5. The Balaban J connectivity index is 1.82. The number of methoxy groups -OCH3 is 2. The lowest BCUT2D eigenvalue weighted by atomic mass is 9.90. The van der Waals surface area contributed by atoms with Crippen LogP contribution >= 0.6 is 47.0 Å². The summed E-state index contributed by atoms with van der Waals surface area (Å²) in [5.74, 6) is 0.121. The van der Waals surface area contributed by atoms with Crippen LogP contribution in [-0.4, -0.2) is 35.2 Å². The molecule has 1 amide bonds. The SMILES string of the molecule is COc1ccc(OC)c(NC(=S)N[C@@H](NC(=O)C(c2ccccc2)c2ccccc2)C(Cl)(Cl)Cl)c1. The van der Waals surface area contributed by atoms with Crippen molar-refractivity contribution in [1.82, 2.24) is 10.6 Å². The molecule has 0 bridgehead atoms. The van der Waals surface area contributed by atoms with Gasteiger partial charge in [-0.25, -0.2) is 0 Å². The highest BCUT2D eigenvalue weighted by Crippen LogP contribution is 2.32. The quantitative estimate of drug-likeness (QED) is 0.191. The van der Waals surface area contributed by atoms with E-state index in [9.17, 15) is 4.79 Å². The largest absolute Gasteiger partial charge is 0.497 e. The highest BCUT2D eigenvalue weighted by Gasteiger charge is 2.36. The fraction of sp³-hybridized carbons (Fsp3) is 0.200. The number of alkyl halides is 3. The van der Waals surface area contributed by atoms with Crippen LogP contribution in [0.3, 0.4) is 0 Å². The topological polar surface area (TPSA) is 71.6 Å². The van der Waals surface area contributed by atoms with E-state index in [0.717, 1.165) is 11.1 Å². The third-order valence-electron chi connectivity index (χ3n) is 5.07. The molecule has 3 rings (SSSR count). The molecule has 0 saturated heterocycles. The number of benzene rings is 3. The van der Waals surface area contributed by atoms with Gasteiger partial charge < -0.3 is 25.4 Å². The zero-order valence-corrected chi connectivity index (χ0v) is 22.0. The molecule has 0 fully saturated rings. The van der Waals surface area contributed by atoms with Crippen LogP contribution in [0.4, 0.5) is 5.69 Å². The normalized spacial score (nSPS) is 11.9. The number of ether oxygens (including phenoxy) is 2. The molecule has 10 heteroatoms. The molecule has 35 heavy (non-hydrogen) atoms. The lowest BCUT2D eigenvalue weighted by molar-refractivity contribution is -0.122. The van der Waals surface area contributed by atoms with Crippen molar-refractivity contribution >= 4 is 63.7 Å². The van der Waals surface area contributed by atoms with E-state index >= 15 is 0 Å². The van der Waals surface area contributed by atoms with Crippen molar-refractivity contribution < 1.29 is 14.3 Å². The number of amides is 1. The van der Waals surface area contributed by atoms with Crippen molar-refractivity contribution in [2.24, 2.45) is 0 Å². The zero-order chi connectivity index (χ0) is 25.4. The molecule has 0 spiro atoms. The van der Waals surface area contributed by atoms with Gasteiger partial charge in [0.05, 0.1) is 25.8 Å². The summed E-state index contributed by atoms with van der Waals surface area (Å²) in [6.45, 7) is 0. The van der Waals surface area contributed by atoms with E-state index in [1.165, 1.54) is 7.11 Å². The highest BCUT2D eigenvalue weighted by molar-refractivity contribution is 7.80. The molecule has 0 saturated carbocycles. The van der Waals surface area contributed by atoms with Crippen LogP contribution in [0.2, 0.25) is 0 Å². The number of thiocarbonyl (C=S) groups is 1. The first-order chi connectivity index (χ1) is 16.7. The molecular weight excluding hydrogens is 529 g/mol. The second-order valence-electron chi connectivity index (χ2n) is 7.40. The van der Waals surface area contributed by atoms with E-state index in [2.05, 4.69) is 16.0 Å². The molecule has 184 valence electrons. The number of halogens is 3. The summed E-state index contributed by atoms with van der Waals surface area (Å²) >= 11 is 24.1. The van der Waals surface area contributed by atoms with Gasteiger partial charge in [-0.1, -0.05) is 95.5 Å². The Morgan fingerprint density at radius 2 is 1.43 bits per heavy atom. The smallest absolute Gasteiger partial charge is 0.233 e. The Hall–Kier alpha value is -2.71. The van der Waals surface area contributed by atoms with Gasteiger partial charge in [0.2, 0.25) is 9.70 Å². The van der Waals surface area contributed by atoms with E-state index in [1.54, 1.807) is 25.3 Å². The molecule has 6 nitrogen and oxygen atoms in total. The van der Waals surface area contributed by atoms with E-state index in [4.69, 9.17) is 56.5 Å². The number of carbonyl (C=O) groups is 1. The molecule has 0 heterocycles. The Labute approximate surface area is 224 Å². The van der Waals surface area contributed by atoms with Gasteiger partial charge in [0.15, 0.2) is 5.11 Å². The van der Waals surface area contributed by atoms with Crippen LogP contribution in [0, 0.1) is 0 Å². The lowest BCUT2D eigenvalue weighted by Crippen LogP contribution is -2.57. The van der Waals surface area contributed by atoms with Gasteiger partial charge in [-0.3, -0.25) is 4.79 Å². The molecule has 0 unspecified atom stereocenters. The van der Waals surface area contributed by atoms with Crippen molar-refractivity contribution in [3.63, 3.8) is 0 Å². The van der Waals surface area contributed by atoms with Gasteiger partial charge in [0.1, 0.15) is 17.7 Å². The van der Waals surface area contributed by atoms with Crippen molar-refractivity contribution in [2.45, 2.75) is 15.9 Å². The predicted octanol–water partition coefficient (Wildman–Crippen LogP) is 5.63. The summed E-state index contributed by atoms with van der Waals surface area (Å²) in [4.78, 5) is 13.5. The van der Waals surface area contributed by atoms with E-state index in [0.29, 0.717) is 17.2 Å². The third kappa shape index (κ3) is 7.39. The van der Waals surface area contributed by atoms with Gasteiger partial charge in [0, 0.05) is 6.07 Å². The Morgan fingerprint density at radius 1 is 0.857 bits per heavy atom. The first kappa shape index (κ1) is 26.9. The third-order valence-corrected chi connectivity index (χ3v) is 5.95. The minimum atomic E-state index is -1.92. The highest BCUT2D eigenvalue weighted by atomic mass is 35.6. The molecule has 0 radical (unpaired) electrons. The number of nitrogens with one attached hydrogen (secondary N) is 3. The van der Waals surface area contributed by atoms with Gasteiger partial charge in [0.25, 0.3) is 0 Å². The number of hydrogen-bond acceptors (Lipinski definition) is 4. The minimum Gasteiger partial charge on any atom is -0.497 e. The second kappa shape index (κ2) is 12.3. The van der Waals surface area contributed by atoms with Crippen molar-refractivity contribution in [3.05, 3.63) is 90.0 Å². The van der Waals surface area contributed by atoms with Crippen LogP contribution in [0.1, 0.15) is 17.0 Å². The maximum absolute atomic E-state index is 13.5.